The van der Waals surface area contributed by atoms with Crippen LogP contribution in [0.2, 0.25) is 0 Å². The van der Waals surface area contributed by atoms with Crippen molar-refractivity contribution in [2.24, 2.45) is 0 Å². The highest BCUT2D eigenvalue weighted by molar-refractivity contribution is 7.09. The maximum absolute atomic E-state index is 9.57. The number of phenolic OH excluding ortho intramolecular Hbond substituents is 1. The summed E-state index contributed by atoms with van der Waals surface area (Å²) in [6.45, 7) is 0. The maximum Gasteiger partial charge on any atom is 0.207 e. The number of ether oxygens (including phenoxy) is 1. The van der Waals surface area contributed by atoms with E-state index in [1.54, 1.807) is 12.1 Å². The van der Waals surface area contributed by atoms with Gasteiger partial charge >= 0.3 is 0 Å². The van der Waals surface area contributed by atoms with Crippen LogP contribution in [0.1, 0.15) is 0 Å². The molecule has 21 heavy (non-hydrogen) atoms. The van der Waals surface area contributed by atoms with Crippen molar-refractivity contribution in [3.63, 3.8) is 0 Å². The number of aromatic hydroxyl groups is 1. The first kappa shape index (κ1) is 12.2. The molecular formula is C17H11NO2S. The standard InChI is InChI=1S/C17H11NO2S/c19-13-7-5-11-6-8-14(10-12(11)9-13)20-17-15-3-1-2-4-16(15)18-21-17/h1-10,19H. The summed E-state index contributed by atoms with van der Waals surface area (Å²) < 4.78 is 10.3. The van der Waals surface area contributed by atoms with Gasteiger partial charge in [-0.05, 0) is 47.2 Å². The fourth-order valence-electron chi connectivity index (χ4n) is 2.32. The Morgan fingerprint density at radius 2 is 1.76 bits per heavy atom. The minimum Gasteiger partial charge on any atom is -0.508 e. The zero-order valence-corrected chi connectivity index (χ0v) is 11.8. The number of rotatable bonds is 2. The Balaban J connectivity index is 1.76. The van der Waals surface area contributed by atoms with Gasteiger partial charge in [-0.15, -0.1) is 0 Å². The summed E-state index contributed by atoms with van der Waals surface area (Å²) in [5.41, 5.74) is 0.941. The van der Waals surface area contributed by atoms with Crippen LogP contribution in [0.5, 0.6) is 16.6 Å². The van der Waals surface area contributed by atoms with Crippen molar-refractivity contribution in [3.8, 4) is 16.6 Å². The van der Waals surface area contributed by atoms with Crippen LogP contribution in [0.3, 0.4) is 0 Å². The van der Waals surface area contributed by atoms with Crippen LogP contribution in [-0.4, -0.2) is 9.48 Å². The lowest BCUT2D eigenvalue weighted by molar-refractivity contribution is 0.476. The minimum atomic E-state index is 0.253. The summed E-state index contributed by atoms with van der Waals surface area (Å²) in [5.74, 6) is 0.991. The smallest absolute Gasteiger partial charge is 0.207 e. The quantitative estimate of drug-likeness (QED) is 0.568. The zero-order valence-electron chi connectivity index (χ0n) is 11.0. The largest absolute Gasteiger partial charge is 0.508 e. The molecule has 0 saturated heterocycles. The summed E-state index contributed by atoms with van der Waals surface area (Å²) in [6, 6.07) is 19.0. The van der Waals surface area contributed by atoms with E-state index in [0.717, 1.165) is 32.5 Å². The van der Waals surface area contributed by atoms with Gasteiger partial charge in [0.1, 0.15) is 11.5 Å². The van der Waals surface area contributed by atoms with Gasteiger partial charge in [0.25, 0.3) is 0 Å². The van der Waals surface area contributed by atoms with Crippen molar-refractivity contribution >= 4 is 33.2 Å². The third kappa shape index (κ3) is 2.19. The van der Waals surface area contributed by atoms with E-state index in [1.807, 2.05) is 48.5 Å². The number of nitrogens with zero attached hydrogens (tertiary/aromatic N) is 1. The molecule has 3 aromatic carbocycles. The van der Waals surface area contributed by atoms with E-state index >= 15 is 0 Å². The molecule has 0 atom stereocenters. The van der Waals surface area contributed by atoms with Gasteiger partial charge in [-0.2, -0.15) is 4.37 Å². The molecule has 0 spiro atoms. The SMILES string of the molecule is Oc1ccc2ccc(Oc3snc4ccccc34)cc2c1. The van der Waals surface area contributed by atoms with Crippen LogP contribution in [0, 0.1) is 0 Å². The Labute approximate surface area is 125 Å². The predicted molar refractivity (Wildman–Crippen MR) is 85.3 cm³/mol. The minimum absolute atomic E-state index is 0.253. The summed E-state index contributed by atoms with van der Waals surface area (Å²) >= 11 is 1.34. The van der Waals surface area contributed by atoms with Crippen molar-refractivity contribution in [1.82, 2.24) is 4.37 Å². The number of hydrogen-bond donors (Lipinski definition) is 1. The summed E-state index contributed by atoms with van der Waals surface area (Å²) in [4.78, 5) is 0. The molecule has 0 aliphatic rings. The van der Waals surface area contributed by atoms with E-state index in [1.165, 1.54) is 11.5 Å². The molecule has 1 N–H and O–H groups in total. The van der Waals surface area contributed by atoms with E-state index in [0.29, 0.717) is 0 Å². The Kier molecular flexibility index (Phi) is 2.75. The van der Waals surface area contributed by atoms with Gasteiger partial charge in [0.05, 0.1) is 10.9 Å². The molecule has 0 unspecified atom stereocenters. The molecule has 1 heterocycles. The number of phenols is 1. The van der Waals surface area contributed by atoms with Crippen molar-refractivity contribution in [2.75, 3.05) is 0 Å². The average Bonchev–Trinajstić information content (AvgIpc) is 2.90. The van der Waals surface area contributed by atoms with E-state index in [4.69, 9.17) is 4.74 Å². The first-order chi connectivity index (χ1) is 10.3. The van der Waals surface area contributed by atoms with E-state index in [-0.39, 0.29) is 5.75 Å². The monoisotopic (exact) mass is 293 g/mol. The first-order valence-electron chi connectivity index (χ1n) is 6.55. The number of benzene rings is 3. The molecule has 0 bridgehead atoms. The third-order valence-electron chi connectivity index (χ3n) is 3.36. The lowest BCUT2D eigenvalue weighted by atomic mass is 10.1. The Hall–Kier alpha value is -2.59. The van der Waals surface area contributed by atoms with Crippen molar-refractivity contribution < 1.29 is 9.84 Å². The molecule has 1 aromatic heterocycles. The van der Waals surface area contributed by atoms with Crippen LogP contribution < -0.4 is 4.74 Å². The molecule has 4 aromatic rings. The number of aromatic nitrogens is 1. The highest BCUT2D eigenvalue weighted by Gasteiger charge is 2.08. The third-order valence-corrected chi connectivity index (χ3v) is 4.11. The second-order valence-corrected chi connectivity index (χ2v) is 5.52. The zero-order chi connectivity index (χ0) is 14.2. The van der Waals surface area contributed by atoms with Crippen LogP contribution >= 0.6 is 11.5 Å². The van der Waals surface area contributed by atoms with Gasteiger partial charge in [0.15, 0.2) is 0 Å². The lowest BCUT2D eigenvalue weighted by Gasteiger charge is -2.05. The van der Waals surface area contributed by atoms with Gasteiger partial charge in [-0.25, -0.2) is 0 Å². The van der Waals surface area contributed by atoms with Gasteiger partial charge in [0.2, 0.25) is 5.06 Å². The fraction of sp³-hybridized carbons (Fsp3) is 0. The molecule has 0 aliphatic heterocycles. The van der Waals surface area contributed by atoms with Gasteiger partial charge < -0.3 is 9.84 Å². The Morgan fingerprint density at radius 1 is 0.905 bits per heavy atom. The molecular weight excluding hydrogens is 282 g/mol. The van der Waals surface area contributed by atoms with Crippen LogP contribution in [0.4, 0.5) is 0 Å². The average molecular weight is 293 g/mol. The first-order valence-corrected chi connectivity index (χ1v) is 7.32. The highest BCUT2D eigenvalue weighted by Crippen LogP contribution is 2.35. The highest BCUT2D eigenvalue weighted by atomic mass is 32.1. The van der Waals surface area contributed by atoms with Crippen molar-refractivity contribution in [3.05, 3.63) is 60.7 Å². The lowest BCUT2D eigenvalue weighted by Crippen LogP contribution is -1.82. The summed E-state index contributed by atoms with van der Waals surface area (Å²) in [5, 5.41) is 13.4. The molecule has 0 aliphatic carbocycles. The van der Waals surface area contributed by atoms with Gasteiger partial charge in [-0.1, -0.05) is 24.3 Å². The van der Waals surface area contributed by atoms with Crippen molar-refractivity contribution in [2.45, 2.75) is 0 Å². The number of hydrogen-bond acceptors (Lipinski definition) is 4. The van der Waals surface area contributed by atoms with E-state index < -0.39 is 0 Å². The molecule has 0 saturated carbocycles. The van der Waals surface area contributed by atoms with E-state index in [2.05, 4.69) is 4.37 Å². The predicted octanol–water partition coefficient (Wildman–Crippen LogP) is 4.95. The molecule has 102 valence electrons. The van der Waals surface area contributed by atoms with Gasteiger partial charge in [0, 0.05) is 11.5 Å². The summed E-state index contributed by atoms with van der Waals surface area (Å²) in [7, 11) is 0. The van der Waals surface area contributed by atoms with Crippen LogP contribution in [-0.2, 0) is 0 Å². The normalized spacial score (nSPS) is 11.0. The molecule has 0 fully saturated rings. The van der Waals surface area contributed by atoms with Gasteiger partial charge in [-0.3, -0.25) is 0 Å². The molecule has 4 rings (SSSR count). The topological polar surface area (TPSA) is 42.4 Å². The molecule has 3 nitrogen and oxygen atoms in total. The van der Waals surface area contributed by atoms with Crippen LogP contribution in [0.25, 0.3) is 21.7 Å². The summed E-state index contributed by atoms with van der Waals surface area (Å²) in [6.07, 6.45) is 0. The number of fused-ring (bicyclic) bond motifs is 2. The second-order valence-electron chi connectivity index (χ2n) is 4.78. The fourth-order valence-corrected chi connectivity index (χ4v) is 3.07. The maximum atomic E-state index is 9.57. The Morgan fingerprint density at radius 3 is 2.71 bits per heavy atom. The molecule has 0 radical (unpaired) electrons. The second kappa shape index (κ2) is 4.75. The van der Waals surface area contributed by atoms with Crippen LogP contribution in [0.15, 0.2) is 60.7 Å². The molecule has 4 heteroatoms. The molecule has 0 amide bonds. The van der Waals surface area contributed by atoms with E-state index in [9.17, 15) is 5.11 Å². The Bertz CT molecular complexity index is 946. The van der Waals surface area contributed by atoms with Crippen molar-refractivity contribution in [1.29, 1.82) is 0 Å².